The van der Waals surface area contributed by atoms with Gasteiger partial charge in [-0.3, -0.25) is 0 Å². The van der Waals surface area contributed by atoms with Gasteiger partial charge in [-0.25, -0.2) is 9.97 Å². The predicted octanol–water partition coefficient (Wildman–Crippen LogP) is 1.17. The maximum atomic E-state index is 4.19. The average molecular weight is 208 g/mol. The number of hydrogen-bond acceptors (Lipinski definition) is 4. The zero-order valence-electron chi connectivity index (χ0n) is 7.97. The van der Waals surface area contributed by atoms with Gasteiger partial charge in [0, 0.05) is 31.7 Å². The van der Waals surface area contributed by atoms with Gasteiger partial charge < -0.3 is 9.88 Å². The largest absolute Gasteiger partial charge is 0.337 e. The van der Waals surface area contributed by atoms with Gasteiger partial charge in [-0.1, -0.05) is 0 Å². The van der Waals surface area contributed by atoms with Crippen molar-refractivity contribution in [3.63, 3.8) is 0 Å². The van der Waals surface area contributed by atoms with Gasteiger partial charge in [0.15, 0.2) is 0 Å². The fraction of sp³-hybridized carbons (Fsp3) is 0.333. The second-order valence-corrected chi connectivity index (χ2v) is 3.80. The van der Waals surface area contributed by atoms with Gasteiger partial charge in [-0.05, 0) is 0 Å². The topological polar surface area (TPSA) is 42.7 Å². The van der Waals surface area contributed by atoms with Crippen LogP contribution in [0.3, 0.4) is 0 Å². The van der Waals surface area contributed by atoms with Crippen molar-refractivity contribution in [3.8, 4) is 0 Å². The normalized spacial score (nSPS) is 10.6. The van der Waals surface area contributed by atoms with Crippen LogP contribution in [0.15, 0.2) is 23.4 Å². The second kappa shape index (κ2) is 4.34. The van der Waals surface area contributed by atoms with E-state index in [-0.39, 0.29) is 0 Å². The zero-order chi connectivity index (χ0) is 9.80. The van der Waals surface area contributed by atoms with Gasteiger partial charge >= 0.3 is 0 Å². The van der Waals surface area contributed by atoms with Crippen LogP contribution in [0.1, 0.15) is 11.4 Å². The standard InChI is InChI=1S/C9H12N4S/c1-13-6-11-4-9(13)3-10-2-8-5-14-7-12-8/h4-7,10H,2-3H2,1H3. The molecule has 0 aliphatic carbocycles. The fourth-order valence-electron chi connectivity index (χ4n) is 1.20. The van der Waals surface area contributed by atoms with Crippen LogP contribution in [0.2, 0.25) is 0 Å². The molecule has 0 unspecified atom stereocenters. The van der Waals surface area contributed by atoms with Gasteiger partial charge in [0.1, 0.15) is 0 Å². The smallest absolute Gasteiger partial charge is 0.0945 e. The van der Waals surface area contributed by atoms with E-state index in [1.54, 1.807) is 17.7 Å². The van der Waals surface area contributed by atoms with Crippen molar-refractivity contribution in [2.45, 2.75) is 13.1 Å². The third-order valence-electron chi connectivity index (χ3n) is 2.01. The molecule has 74 valence electrons. The molecule has 2 aromatic heterocycles. The summed E-state index contributed by atoms with van der Waals surface area (Å²) in [5.74, 6) is 0. The lowest BCUT2D eigenvalue weighted by molar-refractivity contribution is 0.648. The molecule has 5 heteroatoms. The van der Waals surface area contributed by atoms with Crippen molar-refractivity contribution in [3.05, 3.63) is 34.8 Å². The number of nitrogens with one attached hydrogen (secondary N) is 1. The monoisotopic (exact) mass is 208 g/mol. The molecule has 0 aliphatic rings. The van der Waals surface area contributed by atoms with E-state index >= 15 is 0 Å². The summed E-state index contributed by atoms with van der Waals surface area (Å²) in [6, 6.07) is 0. The van der Waals surface area contributed by atoms with Crippen molar-refractivity contribution in [1.29, 1.82) is 0 Å². The van der Waals surface area contributed by atoms with Gasteiger partial charge in [-0.2, -0.15) is 0 Å². The highest BCUT2D eigenvalue weighted by Crippen LogP contribution is 2.01. The maximum Gasteiger partial charge on any atom is 0.0945 e. The third kappa shape index (κ3) is 2.18. The first-order valence-electron chi connectivity index (χ1n) is 4.39. The highest BCUT2D eigenvalue weighted by atomic mass is 32.1. The maximum absolute atomic E-state index is 4.19. The lowest BCUT2D eigenvalue weighted by atomic mass is 10.4. The van der Waals surface area contributed by atoms with Crippen LogP contribution < -0.4 is 5.32 Å². The van der Waals surface area contributed by atoms with E-state index in [0.717, 1.165) is 18.8 Å². The van der Waals surface area contributed by atoms with E-state index in [1.165, 1.54) is 5.69 Å². The Morgan fingerprint density at radius 1 is 1.50 bits per heavy atom. The van der Waals surface area contributed by atoms with E-state index in [4.69, 9.17) is 0 Å². The van der Waals surface area contributed by atoms with Crippen LogP contribution in [0.5, 0.6) is 0 Å². The zero-order valence-corrected chi connectivity index (χ0v) is 8.79. The predicted molar refractivity (Wildman–Crippen MR) is 55.9 cm³/mol. The van der Waals surface area contributed by atoms with Crippen molar-refractivity contribution < 1.29 is 0 Å². The molecular weight excluding hydrogens is 196 g/mol. The number of aromatic nitrogens is 3. The minimum Gasteiger partial charge on any atom is -0.337 e. The van der Waals surface area contributed by atoms with Crippen LogP contribution in [0.4, 0.5) is 0 Å². The molecule has 0 saturated carbocycles. The van der Waals surface area contributed by atoms with Crippen LogP contribution in [0, 0.1) is 0 Å². The summed E-state index contributed by atoms with van der Waals surface area (Å²) in [4.78, 5) is 8.24. The molecule has 2 rings (SSSR count). The summed E-state index contributed by atoms with van der Waals surface area (Å²) in [6.07, 6.45) is 3.67. The SMILES string of the molecule is Cn1cncc1CNCc1cscn1. The first-order chi connectivity index (χ1) is 6.86. The fourth-order valence-corrected chi connectivity index (χ4v) is 1.76. The number of aryl methyl sites for hydroxylation is 1. The summed E-state index contributed by atoms with van der Waals surface area (Å²) >= 11 is 1.62. The Kier molecular flexibility index (Phi) is 2.90. The lowest BCUT2D eigenvalue weighted by Gasteiger charge is -2.02. The molecule has 14 heavy (non-hydrogen) atoms. The Balaban J connectivity index is 1.81. The van der Waals surface area contributed by atoms with E-state index in [1.807, 2.05) is 23.3 Å². The number of imidazole rings is 1. The summed E-state index contributed by atoms with van der Waals surface area (Å²) < 4.78 is 2.01. The molecule has 0 bridgehead atoms. The molecular formula is C9H12N4S. The van der Waals surface area contributed by atoms with Crippen LogP contribution >= 0.6 is 11.3 Å². The number of hydrogen-bond donors (Lipinski definition) is 1. The van der Waals surface area contributed by atoms with Crippen molar-refractivity contribution in [2.75, 3.05) is 0 Å². The Morgan fingerprint density at radius 2 is 2.43 bits per heavy atom. The Labute approximate surface area is 86.6 Å². The molecule has 0 radical (unpaired) electrons. The van der Waals surface area contributed by atoms with Crippen LogP contribution in [-0.2, 0) is 20.1 Å². The number of nitrogens with zero attached hydrogens (tertiary/aromatic N) is 3. The molecule has 1 N–H and O–H groups in total. The number of thiazole rings is 1. The molecule has 0 fully saturated rings. The molecule has 0 spiro atoms. The van der Waals surface area contributed by atoms with Crippen LogP contribution in [0.25, 0.3) is 0 Å². The van der Waals surface area contributed by atoms with Gasteiger partial charge in [0.25, 0.3) is 0 Å². The summed E-state index contributed by atoms with van der Waals surface area (Å²) in [7, 11) is 1.99. The number of rotatable bonds is 4. The minimum absolute atomic E-state index is 0.814. The van der Waals surface area contributed by atoms with Crippen molar-refractivity contribution in [2.24, 2.45) is 7.05 Å². The highest BCUT2D eigenvalue weighted by Gasteiger charge is 1.98. The summed E-state index contributed by atoms with van der Waals surface area (Å²) in [5.41, 5.74) is 4.12. The van der Waals surface area contributed by atoms with E-state index in [2.05, 4.69) is 20.7 Å². The molecule has 0 saturated heterocycles. The Bertz CT molecular complexity index is 379. The van der Waals surface area contributed by atoms with Crippen molar-refractivity contribution in [1.82, 2.24) is 19.9 Å². The van der Waals surface area contributed by atoms with Gasteiger partial charge in [-0.15, -0.1) is 11.3 Å². The summed E-state index contributed by atoms with van der Waals surface area (Å²) in [5, 5.41) is 5.37. The molecule has 2 aromatic rings. The Hall–Kier alpha value is -1.20. The first-order valence-corrected chi connectivity index (χ1v) is 5.33. The Morgan fingerprint density at radius 3 is 3.07 bits per heavy atom. The molecule has 4 nitrogen and oxygen atoms in total. The highest BCUT2D eigenvalue weighted by molar-refractivity contribution is 7.07. The van der Waals surface area contributed by atoms with E-state index in [9.17, 15) is 0 Å². The molecule has 0 amide bonds. The summed E-state index contributed by atoms with van der Waals surface area (Å²) in [6.45, 7) is 1.64. The molecule has 0 atom stereocenters. The average Bonchev–Trinajstić information content (AvgIpc) is 2.78. The molecule has 0 aliphatic heterocycles. The van der Waals surface area contributed by atoms with Crippen LogP contribution in [-0.4, -0.2) is 14.5 Å². The third-order valence-corrected chi connectivity index (χ3v) is 2.65. The first kappa shape index (κ1) is 9.36. The van der Waals surface area contributed by atoms with E-state index in [0.29, 0.717) is 0 Å². The van der Waals surface area contributed by atoms with Gasteiger partial charge in [0.05, 0.1) is 23.2 Å². The minimum atomic E-state index is 0.814. The van der Waals surface area contributed by atoms with E-state index < -0.39 is 0 Å². The lowest BCUT2D eigenvalue weighted by Crippen LogP contribution is -2.14. The second-order valence-electron chi connectivity index (χ2n) is 3.08. The van der Waals surface area contributed by atoms with Crippen molar-refractivity contribution >= 4 is 11.3 Å². The quantitative estimate of drug-likeness (QED) is 0.820. The molecule has 0 aromatic carbocycles. The van der Waals surface area contributed by atoms with Gasteiger partial charge in [0.2, 0.25) is 0 Å². The molecule has 2 heterocycles.